The van der Waals surface area contributed by atoms with Gasteiger partial charge >= 0.3 is 0 Å². The van der Waals surface area contributed by atoms with E-state index in [2.05, 4.69) is 11.1 Å². The number of benzene rings is 1. The molecule has 162 valence electrons. The molecule has 0 saturated heterocycles. The van der Waals surface area contributed by atoms with Crippen LogP contribution in [0.2, 0.25) is 0 Å². The summed E-state index contributed by atoms with van der Waals surface area (Å²) in [7, 11) is 3.07. The smallest absolute Gasteiger partial charge is 0.259 e. The number of allylic oxidation sites excluding steroid dienone is 1. The summed E-state index contributed by atoms with van der Waals surface area (Å²) in [6.07, 6.45) is 3.39. The number of fused-ring (bicyclic) bond motifs is 1. The monoisotopic (exact) mass is 430 g/mol. The first-order valence-electron chi connectivity index (χ1n) is 9.91. The highest BCUT2D eigenvalue weighted by Gasteiger charge is 2.36. The molecule has 2 aromatic heterocycles. The predicted molar refractivity (Wildman–Crippen MR) is 118 cm³/mol. The Morgan fingerprint density at radius 1 is 1.25 bits per heavy atom. The van der Waals surface area contributed by atoms with E-state index in [0.29, 0.717) is 40.6 Å². The molecule has 2 N–H and O–H groups in total. The fourth-order valence-electron chi connectivity index (χ4n) is 3.92. The number of aryl methyl sites for hydroxylation is 1. The van der Waals surface area contributed by atoms with Gasteiger partial charge in [-0.15, -0.1) is 0 Å². The van der Waals surface area contributed by atoms with E-state index >= 15 is 0 Å². The number of ether oxygens (including phenoxy) is 3. The standard InChI is InChI=1S/C24H22N4O4/c1-14-9-20-22(24(29)28(14)13-15-5-4-8-27-12-15)21(18(11-25)23(26)32-20)17-7-6-16(30-2)10-19(17)31-3/h4-10,12,21H,13,26H2,1-3H3. The molecule has 0 amide bonds. The van der Waals surface area contributed by atoms with Crippen molar-refractivity contribution in [1.82, 2.24) is 9.55 Å². The van der Waals surface area contributed by atoms with E-state index in [1.165, 1.54) is 7.11 Å². The van der Waals surface area contributed by atoms with Gasteiger partial charge in [0.15, 0.2) is 0 Å². The molecule has 1 unspecified atom stereocenters. The van der Waals surface area contributed by atoms with Crippen LogP contribution in [-0.2, 0) is 6.54 Å². The van der Waals surface area contributed by atoms with E-state index in [9.17, 15) is 10.1 Å². The zero-order valence-electron chi connectivity index (χ0n) is 18.0. The number of nitriles is 1. The molecule has 0 bridgehead atoms. The highest BCUT2D eigenvalue weighted by atomic mass is 16.5. The van der Waals surface area contributed by atoms with Crippen LogP contribution in [0.25, 0.3) is 0 Å². The fourth-order valence-corrected chi connectivity index (χ4v) is 3.92. The van der Waals surface area contributed by atoms with Crippen LogP contribution in [0.15, 0.2) is 65.0 Å². The number of aromatic nitrogens is 2. The van der Waals surface area contributed by atoms with Crippen molar-refractivity contribution in [1.29, 1.82) is 5.26 Å². The van der Waals surface area contributed by atoms with E-state index in [-0.39, 0.29) is 17.0 Å². The molecule has 8 heteroatoms. The molecule has 0 fully saturated rings. The topological polar surface area (TPSA) is 112 Å². The van der Waals surface area contributed by atoms with Crippen LogP contribution >= 0.6 is 0 Å². The van der Waals surface area contributed by atoms with Crippen molar-refractivity contribution in [2.75, 3.05) is 14.2 Å². The van der Waals surface area contributed by atoms with Crippen molar-refractivity contribution in [3.05, 3.63) is 93.0 Å². The Bertz CT molecular complexity index is 1310. The van der Waals surface area contributed by atoms with Crippen LogP contribution in [0.3, 0.4) is 0 Å². The number of hydrogen-bond donors (Lipinski definition) is 1. The summed E-state index contributed by atoms with van der Waals surface area (Å²) >= 11 is 0. The lowest BCUT2D eigenvalue weighted by molar-refractivity contribution is 0.378. The van der Waals surface area contributed by atoms with Crippen LogP contribution in [0, 0.1) is 18.3 Å². The Morgan fingerprint density at radius 3 is 2.72 bits per heavy atom. The molecule has 32 heavy (non-hydrogen) atoms. The summed E-state index contributed by atoms with van der Waals surface area (Å²) in [6, 6.07) is 12.8. The van der Waals surface area contributed by atoms with Crippen LogP contribution < -0.4 is 25.5 Å². The molecule has 1 atom stereocenters. The highest BCUT2D eigenvalue weighted by molar-refractivity contribution is 5.59. The van der Waals surface area contributed by atoms with Crippen LogP contribution in [0.4, 0.5) is 0 Å². The number of pyridine rings is 2. The molecule has 1 aliphatic heterocycles. The van der Waals surface area contributed by atoms with Gasteiger partial charge < -0.3 is 24.5 Å². The molecule has 0 aliphatic carbocycles. The summed E-state index contributed by atoms with van der Waals surface area (Å²) in [5.41, 5.74) is 8.49. The molecule has 4 rings (SSSR count). The third-order valence-corrected chi connectivity index (χ3v) is 5.51. The number of hydrogen-bond acceptors (Lipinski definition) is 7. The van der Waals surface area contributed by atoms with Crippen LogP contribution in [0.5, 0.6) is 17.2 Å². The number of nitrogens with two attached hydrogens (primary N) is 1. The summed E-state index contributed by atoms with van der Waals surface area (Å²) < 4.78 is 18.2. The largest absolute Gasteiger partial charge is 0.497 e. The van der Waals surface area contributed by atoms with Crippen molar-refractivity contribution < 1.29 is 14.2 Å². The first-order chi connectivity index (χ1) is 15.5. The lowest BCUT2D eigenvalue weighted by Crippen LogP contribution is -2.33. The third-order valence-electron chi connectivity index (χ3n) is 5.51. The second kappa shape index (κ2) is 8.47. The van der Waals surface area contributed by atoms with E-state index in [1.54, 1.807) is 48.3 Å². The second-order valence-electron chi connectivity index (χ2n) is 7.35. The molecule has 1 aromatic carbocycles. The predicted octanol–water partition coefficient (Wildman–Crippen LogP) is 2.84. The van der Waals surface area contributed by atoms with Crippen molar-refractivity contribution in [3.63, 3.8) is 0 Å². The van der Waals surface area contributed by atoms with Crippen molar-refractivity contribution in [2.45, 2.75) is 19.4 Å². The molecule has 0 spiro atoms. The molecule has 0 radical (unpaired) electrons. The maximum atomic E-state index is 13.7. The number of rotatable bonds is 5. The molecule has 0 saturated carbocycles. The van der Waals surface area contributed by atoms with Gasteiger partial charge in [0.1, 0.15) is 28.9 Å². The first kappa shape index (κ1) is 21.0. The Hall–Kier alpha value is -4.25. The summed E-state index contributed by atoms with van der Waals surface area (Å²) in [5.74, 6) is 0.603. The Kier molecular flexibility index (Phi) is 5.56. The minimum absolute atomic E-state index is 0.0355. The van der Waals surface area contributed by atoms with Gasteiger partial charge in [-0.2, -0.15) is 5.26 Å². The lowest BCUT2D eigenvalue weighted by Gasteiger charge is -2.28. The molecular weight excluding hydrogens is 408 g/mol. The molecule has 3 aromatic rings. The van der Waals surface area contributed by atoms with E-state index < -0.39 is 5.92 Å². The summed E-state index contributed by atoms with van der Waals surface area (Å²) in [6.45, 7) is 2.16. The second-order valence-corrected chi connectivity index (χ2v) is 7.35. The van der Waals surface area contributed by atoms with Gasteiger partial charge in [0.2, 0.25) is 5.88 Å². The molecule has 8 nitrogen and oxygen atoms in total. The molecular formula is C24H22N4O4. The Morgan fingerprint density at radius 2 is 2.06 bits per heavy atom. The normalized spacial score (nSPS) is 14.9. The van der Waals surface area contributed by atoms with Gasteiger partial charge in [-0.3, -0.25) is 9.78 Å². The average molecular weight is 430 g/mol. The van der Waals surface area contributed by atoms with Crippen molar-refractivity contribution in [3.8, 4) is 23.3 Å². The van der Waals surface area contributed by atoms with Crippen LogP contribution in [-0.4, -0.2) is 23.8 Å². The number of nitrogens with zero attached hydrogens (tertiary/aromatic N) is 3. The molecule has 3 heterocycles. The zero-order chi connectivity index (χ0) is 22.8. The van der Waals surface area contributed by atoms with Crippen molar-refractivity contribution in [2.24, 2.45) is 5.73 Å². The third kappa shape index (κ3) is 3.54. The maximum Gasteiger partial charge on any atom is 0.259 e. The summed E-state index contributed by atoms with van der Waals surface area (Å²) in [4.78, 5) is 17.9. The van der Waals surface area contributed by atoms with Gasteiger partial charge in [0.05, 0.1) is 32.2 Å². The fraction of sp³-hybridized carbons (Fsp3) is 0.208. The minimum Gasteiger partial charge on any atom is -0.497 e. The van der Waals surface area contributed by atoms with Gasteiger partial charge in [0, 0.05) is 35.8 Å². The van der Waals surface area contributed by atoms with E-state index in [0.717, 1.165) is 5.56 Å². The Labute approximate surface area is 185 Å². The minimum atomic E-state index is -0.752. The zero-order valence-corrected chi connectivity index (χ0v) is 18.0. The molecule has 1 aliphatic rings. The highest BCUT2D eigenvalue weighted by Crippen LogP contribution is 2.44. The Balaban J connectivity index is 1.96. The van der Waals surface area contributed by atoms with Gasteiger partial charge in [-0.1, -0.05) is 12.1 Å². The van der Waals surface area contributed by atoms with Gasteiger partial charge in [0.25, 0.3) is 5.56 Å². The van der Waals surface area contributed by atoms with E-state index in [4.69, 9.17) is 19.9 Å². The maximum absolute atomic E-state index is 13.7. The van der Waals surface area contributed by atoms with Gasteiger partial charge in [-0.05, 0) is 24.6 Å². The quantitative estimate of drug-likeness (QED) is 0.662. The van der Waals surface area contributed by atoms with Crippen molar-refractivity contribution >= 4 is 0 Å². The van der Waals surface area contributed by atoms with Crippen LogP contribution in [0.1, 0.15) is 28.3 Å². The SMILES string of the molecule is COc1ccc(C2C(C#N)=C(N)Oc3cc(C)n(Cc4cccnc4)c(=O)c32)c(OC)c1. The summed E-state index contributed by atoms with van der Waals surface area (Å²) in [5, 5.41) is 9.88. The number of methoxy groups -OCH3 is 2. The van der Waals surface area contributed by atoms with Gasteiger partial charge in [-0.25, -0.2) is 0 Å². The van der Waals surface area contributed by atoms with E-state index in [1.807, 2.05) is 19.1 Å². The first-order valence-corrected chi connectivity index (χ1v) is 9.91. The lowest BCUT2D eigenvalue weighted by atomic mass is 9.83. The average Bonchev–Trinajstić information content (AvgIpc) is 2.81.